The average molecular weight is 521 g/mol. The maximum atomic E-state index is 14.4. The largest absolute Gasteiger partial charge is 0.491 e. The van der Waals surface area contributed by atoms with Crippen LogP contribution >= 0.6 is 0 Å². The van der Waals surface area contributed by atoms with Crippen LogP contribution in [0, 0.1) is 5.82 Å². The zero-order chi connectivity index (χ0) is 26.1. The summed E-state index contributed by atoms with van der Waals surface area (Å²) in [5.74, 6) is 0.624. The number of sulfone groups is 1. The number of rotatable bonds is 9. The molecule has 0 radical (unpaired) electrons. The summed E-state index contributed by atoms with van der Waals surface area (Å²) in [6.45, 7) is 5.47. The van der Waals surface area contributed by atoms with Gasteiger partial charge < -0.3 is 24.1 Å². The molecule has 4 rings (SSSR count). The summed E-state index contributed by atoms with van der Waals surface area (Å²) in [7, 11) is -0.300. The van der Waals surface area contributed by atoms with Gasteiger partial charge in [-0.2, -0.15) is 0 Å². The molecule has 11 heteroatoms. The Balaban J connectivity index is 2.03. The fraction of sp³-hybridized carbons (Fsp3) is 0.520. The Kier molecular flexibility index (Phi) is 7.53. The molecule has 36 heavy (non-hydrogen) atoms. The fourth-order valence-electron chi connectivity index (χ4n) is 4.70. The SMILES string of the molecule is CCOC[C@@H](C)N(C)c1nc(-c2ccc(F)c3[nH]ccc23)nc(C2(S(C)(=O)=O)CCOCC2)c1OC. The van der Waals surface area contributed by atoms with E-state index in [0.717, 1.165) is 0 Å². The van der Waals surface area contributed by atoms with Crippen LogP contribution in [0.3, 0.4) is 0 Å². The Labute approximate surface area is 210 Å². The van der Waals surface area contributed by atoms with Gasteiger partial charge in [-0.15, -0.1) is 0 Å². The van der Waals surface area contributed by atoms with E-state index in [9.17, 15) is 12.8 Å². The van der Waals surface area contributed by atoms with Gasteiger partial charge >= 0.3 is 0 Å². The molecule has 9 nitrogen and oxygen atoms in total. The molecule has 1 atom stereocenters. The molecule has 3 heterocycles. The van der Waals surface area contributed by atoms with Crippen LogP contribution < -0.4 is 9.64 Å². The van der Waals surface area contributed by atoms with Crippen molar-refractivity contribution < 1.29 is 27.0 Å². The average Bonchev–Trinajstić information content (AvgIpc) is 3.37. The number of anilines is 1. The molecule has 1 aromatic carbocycles. The third-order valence-corrected chi connectivity index (χ3v) is 8.99. The number of nitrogens with one attached hydrogen (secondary N) is 1. The number of aromatic nitrogens is 3. The number of H-pyrrole nitrogens is 1. The molecule has 1 aliphatic rings. The van der Waals surface area contributed by atoms with E-state index in [0.29, 0.717) is 46.9 Å². The summed E-state index contributed by atoms with van der Waals surface area (Å²) in [5.41, 5.74) is 1.20. The molecule has 2 aromatic heterocycles. The zero-order valence-electron chi connectivity index (χ0n) is 21.3. The van der Waals surface area contributed by atoms with Gasteiger partial charge in [0.15, 0.2) is 27.2 Å². The van der Waals surface area contributed by atoms with Crippen LogP contribution in [0.5, 0.6) is 5.75 Å². The van der Waals surface area contributed by atoms with Gasteiger partial charge in [-0.25, -0.2) is 22.8 Å². The highest BCUT2D eigenvalue weighted by Gasteiger charge is 2.48. The molecule has 1 N–H and O–H groups in total. The van der Waals surface area contributed by atoms with Crippen LogP contribution in [0.15, 0.2) is 24.4 Å². The molecule has 0 aliphatic carbocycles. The Morgan fingerprint density at radius 3 is 2.61 bits per heavy atom. The van der Waals surface area contributed by atoms with Crippen LogP contribution in [0.1, 0.15) is 32.4 Å². The maximum Gasteiger partial charge on any atom is 0.184 e. The van der Waals surface area contributed by atoms with Gasteiger partial charge in [0, 0.05) is 50.3 Å². The number of methoxy groups -OCH3 is 1. The number of ether oxygens (including phenoxy) is 3. The lowest BCUT2D eigenvalue weighted by atomic mass is 9.93. The molecule has 196 valence electrons. The summed E-state index contributed by atoms with van der Waals surface area (Å²) in [6.07, 6.45) is 3.34. The van der Waals surface area contributed by atoms with E-state index < -0.39 is 20.4 Å². The minimum absolute atomic E-state index is 0.0983. The molecular formula is C25H33FN4O5S. The van der Waals surface area contributed by atoms with Gasteiger partial charge in [-0.3, -0.25) is 0 Å². The molecule has 1 fully saturated rings. The van der Waals surface area contributed by atoms with Gasteiger partial charge in [0.05, 0.1) is 25.3 Å². The van der Waals surface area contributed by atoms with Crippen LogP contribution in [0.25, 0.3) is 22.3 Å². The first-order chi connectivity index (χ1) is 17.1. The summed E-state index contributed by atoms with van der Waals surface area (Å²) in [5, 5.41) is 0.600. The number of nitrogens with zero attached hydrogens (tertiary/aromatic N) is 3. The van der Waals surface area contributed by atoms with E-state index >= 15 is 0 Å². The number of fused-ring (bicyclic) bond motifs is 1. The van der Waals surface area contributed by atoms with Crippen LogP contribution in [0.2, 0.25) is 0 Å². The number of hydrogen-bond donors (Lipinski definition) is 1. The van der Waals surface area contributed by atoms with Crippen molar-refractivity contribution in [2.45, 2.75) is 37.5 Å². The first kappa shape index (κ1) is 26.3. The lowest BCUT2D eigenvalue weighted by molar-refractivity contribution is 0.0724. The van der Waals surface area contributed by atoms with Crippen molar-refractivity contribution in [3.05, 3.63) is 35.9 Å². The fourth-order valence-corrected chi connectivity index (χ4v) is 6.10. The van der Waals surface area contributed by atoms with E-state index in [1.807, 2.05) is 25.8 Å². The van der Waals surface area contributed by atoms with Gasteiger partial charge in [-0.05, 0) is 44.9 Å². The van der Waals surface area contributed by atoms with Crippen LogP contribution in [0.4, 0.5) is 10.2 Å². The first-order valence-electron chi connectivity index (χ1n) is 11.9. The lowest BCUT2D eigenvalue weighted by Gasteiger charge is -2.37. The van der Waals surface area contributed by atoms with E-state index in [1.54, 1.807) is 18.3 Å². The van der Waals surface area contributed by atoms with Crippen LogP contribution in [-0.4, -0.2) is 76.3 Å². The minimum atomic E-state index is -3.65. The Morgan fingerprint density at radius 2 is 1.97 bits per heavy atom. The van der Waals surface area contributed by atoms with Crippen molar-refractivity contribution in [3.8, 4) is 17.1 Å². The third-order valence-electron chi connectivity index (χ3n) is 6.97. The third kappa shape index (κ3) is 4.55. The molecule has 1 aliphatic heterocycles. The molecule has 0 spiro atoms. The van der Waals surface area contributed by atoms with Gasteiger partial charge in [0.25, 0.3) is 0 Å². The monoisotopic (exact) mass is 520 g/mol. The molecule has 0 amide bonds. The molecule has 3 aromatic rings. The Bertz CT molecular complexity index is 1340. The smallest absolute Gasteiger partial charge is 0.184 e. The lowest BCUT2D eigenvalue weighted by Crippen LogP contribution is -2.42. The normalized spacial score (nSPS) is 16.7. The molecular weight excluding hydrogens is 487 g/mol. The van der Waals surface area contributed by atoms with Gasteiger partial charge in [0.2, 0.25) is 0 Å². The first-order valence-corrected chi connectivity index (χ1v) is 13.8. The number of benzene rings is 1. The Hall–Kier alpha value is -2.76. The van der Waals surface area contributed by atoms with E-state index in [1.165, 1.54) is 19.4 Å². The molecule has 0 saturated carbocycles. The van der Waals surface area contributed by atoms with E-state index in [4.69, 9.17) is 24.2 Å². The number of hydrogen-bond acceptors (Lipinski definition) is 8. The summed E-state index contributed by atoms with van der Waals surface area (Å²) >= 11 is 0. The summed E-state index contributed by atoms with van der Waals surface area (Å²) in [6, 6.07) is 4.62. The quantitative estimate of drug-likeness (QED) is 0.455. The van der Waals surface area contributed by atoms with Crippen molar-refractivity contribution in [2.75, 3.05) is 51.7 Å². The van der Waals surface area contributed by atoms with Crippen molar-refractivity contribution >= 4 is 26.6 Å². The van der Waals surface area contributed by atoms with E-state index in [2.05, 4.69) is 4.98 Å². The second kappa shape index (κ2) is 10.3. The van der Waals surface area contributed by atoms with Crippen molar-refractivity contribution in [2.24, 2.45) is 0 Å². The highest BCUT2D eigenvalue weighted by atomic mass is 32.2. The summed E-state index contributed by atoms with van der Waals surface area (Å²) in [4.78, 5) is 14.5. The topological polar surface area (TPSA) is 107 Å². The predicted octanol–water partition coefficient (Wildman–Crippen LogP) is 3.68. The second-order valence-electron chi connectivity index (χ2n) is 9.11. The minimum Gasteiger partial charge on any atom is -0.491 e. The molecule has 0 bridgehead atoms. The van der Waals surface area contributed by atoms with Crippen molar-refractivity contribution in [3.63, 3.8) is 0 Å². The number of likely N-dealkylation sites (N-methyl/N-ethyl adjacent to an activating group) is 1. The predicted molar refractivity (Wildman–Crippen MR) is 137 cm³/mol. The second-order valence-corrected chi connectivity index (χ2v) is 11.4. The zero-order valence-corrected chi connectivity index (χ0v) is 22.1. The van der Waals surface area contributed by atoms with Crippen molar-refractivity contribution in [1.82, 2.24) is 15.0 Å². The highest BCUT2D eigenvalue weighted by molar-refractivity contribution is 7.91. The summed E-state index contributed by atoms with van der Waals surface area (Å²) < 4.78 is 56.8. The number of halogens is 1. The molecule has 1 saturated heterocycles. The van der Waals surface area contributed by atoms with Gasteiger partial charge in [-0.1, -0.05) is 0 Å². The number of aromatic amines is 1. The van der Waals surface area contributed by atoms with Crippen molar-refractivity contribution in [1.29, 1.82) is 0 Å². The van der Waals surface area contributed by atoms with Crippen LogP contribution in [-0.2, 0) is 24.1 Å². The van der Waals surface area contributed by atoms with Gasteiger partial charge in [0.1, 0.15) is 16.3 Å². The maximum absolute atomic E-state index is 14.4. The Morgan fingerprint density at radius 1 is 1.25 bits per heavy atom. The highest BCUT2D eigenvalue weighted by Crippen LogP contribution is 2.46. The standard InChI is InChI=1S/C25H33FN4O5S/c1-6-34-15-16(2)30(3)24-21(33-4)22(25(36(5,31)32)10-13-35-14-11-25)28-23(29-24)18-7-8-19(26)20-17(18)9-12-27-20/h7-9,12,16,27H,6,10-11,13-15H2,1-5H3/t16-/m1/s1. The van der Waals surface area contributed by atoms with E-state index in [-0.39, 0.29) is 37.9 Å². The molecule has 0 unspecified atom stereocenters.